The first-order valence-electron chi connectivity index (χ1n) is 5.09. The van der Waals surface area contributed by atoms with Crippen molar-refractivity contribution in [3.63, 3.8) is 0 Å². The topological polar surface area (TPSA) is 40.5 Å². The van der Waals surface area contributed by atoms with E-state index in [-0.39, 0.29) is 0 Å². The minimum absolute atomic E-state index is 0.419. The summed E-state index contributed by atoms with van der Waals surface area (Å²) in [5.41, 5.74) is 2.38. The molecule has 3 heteroatoms. The molecule has 0 unspecified atom stereocenters. The van der Waals surface area contributed by atoms with Crippen molar-refractivity contribution in [3.8, 4) is 0 Å². The molecule has 0 radical (unpaired) electrons. The van der Waals surface area contributed by atoms with Gasteiger partial charge in [-0.3, -0.25) is 0 Å². The summed E-state index contributed by atoms with van der Waals surface area (Å²) in [4.78, 5) is 12.9. The van der Waals surface area contributed by atoms with Crippen molar-refractivity contribution in [1.29, 1.82) is 0 Å². The summed E-state index contributed by atoms with van der Waals surface area (Å²) in [5.74, 6) is -0.844. The third kappa shape index (κ3) is 2.72. The van der Waals surface area contributed by atoms with Gasteiger partial charge < -0.3 is 10.0 Å². The van der Waals surface area contributed by atoms with E-state index in [2.05, 4.69) is 0 Å². The normalized spacial score (nSPS) is 10.1. The fourth-order valence-corrected chi connectivity index (χ4v) is 1.54. The first-order chi connectivity index (χ1) is 7.06. The van der Waals surface area contributed by atoms with Crippen LogP contribution in [0.2, 0.25) is 0 Å². The number of hydrogen-bond acceptors (Lipinski definition) is 2. The lowest BCUT2D eigenvalue weighted by molar-refractivity contribution is 0.0695. The molecular weight excluding hydrogens is 190 g/mol. The molecule has 0 amide bonds. The van der Waals surface area contributed by atoms with Gasteiger partial charge in [0.2, 0.25) is 0 Å². The maximum absolute atomic E-state index is 11.0. The molecule has 0 saturated heterocycles. The van der Waals surface area contributed by atoms with Crippen LogP contribution in [-0.4, -0.2) is 25.2 Å². The van der Waals surface area contributed by atoms with Gasteiger partial charge in [-0.1, -0.05) is 13.3 Å². The maximum Gasteiger partial charge on any atom is 0.335 e. The van der Waals surface area contributed by atoms with Crippen molar-refractivity contribution in [1.82, 2.24) is 0 Å². The lowest BCUT2D eigenvalue weighted by Crippen LogP contribution is -2.10. The molecule has 0 aliphatic heterocycles. The van der Waals surface area contributed by atoms with Gasteiger partial charge in [0.25, 0.3) is 0 Å². The Labute approximate surface area is 90.3 Å². The minimum Gasteiger partial charge on any atom is -0.478 e. The van der Waals surface area contributed by atoms with Gasteiger partial charge in [-0.2, -0.15) is 0 Å². The summed E-state index contributed by atoms with van der Waals surface area (Å²) in [6.45, 7) is 2.05. The third-order valence-electron chi connectivity index (χ3n) is 2.35. The largest absolute Gasteiger partial charge is 0.478 e. The second-order valence-electron chi connectivity index (χ2n) is 3.79. The smallest absolute Gasteiger partial charge is 0.335 e. The molecule has 1 rings (SSSR count). The Morgan fingerprint density at radius 1 is 1.40 bits per heavy atom. The number of benzene rings is 1. The Hall–Kier alpha value is -1.51. The van der Waals surface area contributed by atoms with Crippen LogP contribution in [0.3, 0.4) is 0 Å². The molecule has 3 nitrogen and oxygen atoms in total. The average Bonchev–Trinajstić information content (AvgIpc) is 2.17. The first-order valence-corrected chi connectivity index (χ1v) is 5.09. The van der Waals surface area contributed by atoms with E-state index in [1.165, 1.54) is 0 Å². The number of hydrogen-bond donors (Lipinski definition) is 1. The highest BCUT2D eigenvalue weighted by molar-refractivity contribution is 5.90. The zero-order valence-electron chi connectivity index (χ0n) is 9.45. The van der Waals surface area contributed by atoms with Crippen molar-refractivity contribution in [3.05, 3.63) is 29.3 Å². The minimum atomic E-state index is -0.844. The number of rotatable bonds is 4. The molecule has 0 saturated carbocycles. The zero-order chi connectivity index (χ0) is 11.4. The second kappa shape index (κ2) is 4.82. The lowest BCUT2D eigenvalue weighted by atomic mass is 10.0. The summed E-state index contributed by atoms with van der Waals surface area (Å²) >= 11 is 0. The van der Waals surface area contributed by atoms with Crippen LogP contribution in [0.5, 0.6) is 0 Å². The van der Waals surface area contributed by atoms with Crippen LogP contribution in [0.4, 0.5) is 5.69 Å². The second-order valence-corrected chi connectivity index (χ2v) is 3.79. The van der Waals surface area contributed by atoms with Crippen LogP contribution in [-0.2, 0) is 6.42 Å². The van der Waals surface area contributed by atoms with Crippen molar-refractivity contribution >= 4 is 11.7 Å². The van der Waals surface area contributed by atoms with Crippen LogP contribution in [0.25, 0.3) is 0 Å². The SMILES string of the molecule is CCCc1cc(N(C)C)ccc1C(=O)O. The van der Waals surface area contributed by atoms with Gasteiger partial charge in [-0.25, -0.2) is 4.79 Å². The number of carbonyl (C=O) groups is 1. The Morgan fingerprint density at radius 3 is 2.53 bits per heavy atom. The highest BCUT2D eigenvalue weighted by atomic mass is 16.4. The van der Waals surface area contributed by atoms with E-state index in [1.54, 1.807) is 6.07 Å². The summed E-state index contributed by atoms with van der Waals surface area (Å²) in [5, 5.41) is 9.01. The van der Waals surface area contributed by atoms with Gasteiger partial charge >= 0.3 is 5.97 Å². The molecule has 1 N–H and O–H groups in total. The van der Waals surface area contributed by atoms with Crippen LogP contribution < -0.4 is 4.90 Å². The van der Waals surface area contributed by atoms with Crippen LogP contribution in [0.15, 0.2) is 18.2 Å². The Bertz CT molecular complexity index is 359. The summed E-state index contributed by atoms with van der Waals surface area (Å²) in [6, 6.07) is 5.47. The molecule has 0 aromatic heterocycles. The van der Waals surface area contributed by atoms with E-state index in [0.717, 1.165) is 24.1 Å². The van der Waals surface area contributed by atoms with E-state index < -0.39 is 5.97 Å². The molecule has 82 valence electrons. The molecule has 0 atom stereocenters. The molecule has 1 aromatic rings. The van der Waals surface area contributed by atoms with Crippen molar-refractivity contribution < 1.29 is 9.90 Å². The van der Waals surface area contributed by atoms with Crippen molar-refractivity contribution in [2.75, 3.05) is 19.0 Å². The molecule has 0 bridgehead atoms. The maximum atomic E-state index is 11.0. The molecule has 0 aliphatic carbocycles. The molecular formula is C12H17NO2. The average molecular weight is 207 g/mol. The van der Waals surface area contributed by atoms with Gasteiger partial charge in [0.05, 0.1) is 5.56 Å². The summed E-state index contributed by atoms with van der Waals surface area (Å²) in [7, 11) is 3.90. The highest BCUT2D eigenvalue weighted by Gasteiger charge is 2.10. The summed E-state index contributed by atoms with van der Waals surface area (Å²) in [6.07, 6.45) is 1.76. The lowest BCUT2D eigenvalue weighted by Gasteiger charge is -2.15. The van der Waals surface area contributed by atoms with E-state index in [1.807, 2.05) is 38.1 Å². The Morgan fingerprint density at radius 2 is 2.07 bits per heavy atom. The number of nitrogens with zero attached hydrogens (tertiary/aromatic N) is 1. The molecule has 0 heterocycles. The van der Waals surface area contributed by atoms with E-state index in [9.17, 15) is 4.79 Å². The standard InChI is InChI=1S/C12H17NO2/c1-4-5-9-8-10(13(2)3)6-7-11(9)12(14)15/h6-8H,4-5H2,1-3H3,(H,14,15). The predicted molar refractivity (Wildman–Crippen MR) is 61.7 cm³/mol. The quantitative estimate of drug-likeness (QED) is 0.824. The number of carboxylic acids is 1. The predicted octanol–water partition coefficient (Wildman–Crippen LogP) is 2.40. The van der Waals surface area contributed by atoms with E-state index in [4.69, 9.17) is 5.11 Å². The van der Waals surface area contributed by atoms with Crippen molar-refractivity contribution in [2.45, 2.75) is 19.8 Å². The zero-order valence-corrected chi connectivity index (χ0v) is 9.45. The van der Waals surface area contributed by atoms with Gasteiger partial charge in [0, 0.05) is 19.8 Å². The number of carboxylic acid groups (broad SMARTS) is 1. The van der Waals surface area contributed by atoms with Gasteiger partial charge in [-0.05, 0) is 30.2 Å². The molecule has 0 spiro atoms. The van der Waals surface area contributed by atoms with Crippen molar-refractivity contribution in [2.24, 2.45) is 0 Å². The van der Waals surface area contributed by atoms with Gasteiger partial charge in [0.1, 0.15) is 0 Å². The summed E-state index contributed by atoms with van der Waals surface area (Å²) < 4.78 is 0. The Kier molecular flexibility index (Phi) is 3.72. The van der Waals surface area contributed by atoms with Gasteiger partial charge in [-0.15, -0.1) is 0 Å². The van der Waals surface area contributed by atoms with Crippen LogP contribution >= 0.6 is 0 Å². The fraction of sp³-hybridized carbons (Fsp3) is 0.417. The van der Waals surface area contributed by atoms with Gasteiger partial charge in [0.15, 0.2) is 0 Å². The van der Waals surface area contributed by atoms with E-state index in [0.29, 0.717) is 5.56 Å². The molecule has 0 aliphatic rings. The highest BCUT2D eigenvalue weighted by Crippen LogP contribution is 2.19. The van der Waals surface area contributed by atoms with E-state index >= 15 is 0 Å². The third-order valence-corrected chi connectivity index (χ3v) is 2.35. The molecule has 15 heavy (non-hydrogen) atoms. The van der Waals surface area contributed by atoms with Crippen LogP contribution in [0, 0.1) is 0 Å². The number of aryl methyl sites for hydroxylation is 1. The molecule has 1 aromatic carbocycles. The number of anilines is 1. The Balaban J connectivity index is 3.14. The first kappa shape index (κ1) is 11.6. The molecule has 0 fully saturated rings. The van der Waals surface area contributed by atoms with Crippen LogP contribution in [0.1, 0.15) is 29.3 Å². The number of aromatic carboxylic acids is 1. The monoisotopic (exact) mass is 207 g/mol. The fourth-order valence-electron chi connectivity index (χ4n) is 1.54.